The molecular weight excluding hydrogens is 318 g/mol. The molecule has 0 heterocycles. The topological polar surface area (TPSA) is 23.8 Å². The van der Waals surface area contributed by atoms with Gasteiger partial charge in [-0.1, -0.05) is 81.5 Å². The molecule has 0 amide bonds. The van der Waals surface area contributed by atoms with E-state index in [1.165, 1.54) is 16.7 Å². The predicted molar refractivity (Wildman–Crippen MR) is 95.9 cm³/mol. The maximum absolute atomic E-state index is 6.94. The van der Waals surface area contributed by atoms with Crippen molar-refractivity contribution < 1.29 is 21.7 Å². The third-order valence-electron chi connectivity index (χ3n) is 3.39. The molecule has 0 aromatic heterocycles. The van der Waals surface area contributed by atoms with Crippen molar-refractivity contribution in [1.82, 2.24) is 0 Å². The molecule has 0 bridgehead atoms. The number of benzene rings is 2. The minimum atomic E-state index is -0.353. The fourth-order valence-electron chi connectivity index (χ4n) is 2.63. The van der Waals surface area contributed by atoms with Crippen LogP contribution in [-0.4, -0.2) is 14.3 Å². The van der Waals surface area contributed by atoms with Gasteiger partial charge in [0, 0.05) is 21.7 Å². The van der Waals surface area contributed by atoms with Crippen LogP contribution in [0.25, 0.3) is 16.9 Å². The second-order valence-electron chi connectivity index (χ2n) is 6.92. The summed E-state index contributed by atoms with van der Waals surface area (Å²) in [6.07, 6.45) is 1.14. The molecule has 0 atom stereocenters. The van der Waals surface area contributed by atoms with E-state index >= 15 is 0 Å². The second kappa shape index (κ2) is 7.74. The Bertz CT molecular complexity index is 624. The van der Waals surface area contributed by atoms with Gasteiger partial charge in [-0.3, -0.25) is 0 Å². The van der Waals surface area contributed by atoms with Crippen molar-refractivity contribution in [2.45, 2.75) is 45.8 Å². The minimum absolute atomic E-state index is 0. The van der Waals surface area contributed by atoms with Gasteiger partial charge in [-0.2, -0.15) is 0 Å². The van der Waals surface area contributed by atoms with E-state index in [4.69, 9.17) is 5.73 Å². The number of nitrogens with one attached hydrogen (secondary N) is 1. The molecule has 1 aliphatic rings. The zero-order valence-corrected chi connectivity index (χ0v) is 16.8. The number of rotatable bonds is 1. The average molecular weight is 343 g/mol. The van der Waals surface area contributed by atoms with E-state index in [-0.39, 0.29) is 36.1 Å². The van der Waals surface area contributed by atoms with Gasteiger partial charge in [0.25, 0.3) is 0 Å². The standard InChI is InChI=1S/C15H15Si.C4H10N.Ti/c1-16(2)15-9-5-8-13-12-7-4-3-6-11(12)10-14(13)15;1-4(2,3)5;/h3-9H,10H2,1-2H3;5H,1-3H3;/q;-1;. The third kappa shape index (κ3) is 4.92. The van der Waals surface area contributed by atoms with Crippen LogP contribution >= 0.6 is 0 Å². The summed E-state index contributed by atoms with van der Waals surface area (Å²) in [5, 5.41) is 1.61. The monoisotopic (exact) mass is 343 g/mol. The summed E-state index contributed by atoms with van der Waals surface area (Å²) in [5.74, 6) is 0. The summed E-state index contributed by atoms with van der Waals surface area (Å²) in [4.78, 5) is 0. The fraction of sp³-hybridized carbons (Fsp3) is 0.368. The van der Waals surface area contributed by atoms with Gasteiger partial charge >= 0.3 is 0 Å². The fourth-order valence-corrected chi connectivity index (χ4v) is 3.88. The van der Waals surface area contributed by atoms with Crippen LogP contribution in [0.1, 0.15) is 31.9 Å². The van der Waals surface area contributed by atoms with Crippen LogP contribution in [0, 0.1) is 0 Å². The van der Waals surface area contributed by atoms with Crippen molar-refractivity contribution >= 4 is 14.0 Å². The van der Waals surface area contributed by atoms with E-state index < -0.39 is 0 Å². The van der Waals surface area contributed by atoms with Crippen molar-refractivity contribution in [1.29, 1.82) is 0 Å². The molecule has 1 nitrogen and oxygen atoms in total. The molecule has 2 aromatic carbocycles. The summed E-state index contributed by atoms with van der Waals surface area (Å²) in [7, 11) is -0.353. The number of hydrogen-bond donors (Lipinski definition) is 0. The van der Waals surface area contributed by atoms with Gasteiger partial charge in [-0.05, 0) is 28.7 Å². The molecular formula is C19H25NSiTi-. The average Bonchev–Trinajstić information content (AvgIpc) is 2.74. The molecule has 0 aliphatic heterocycles. The first-order chi connectivity index (χ1) is 9.77. The van der Waals surface area contributed by atoms with E-state index in [1.54, 1.807) is 10.8 Å². The van der Waals surface area contributed by atoms with E-state index in [0.717, 1.165) is 6.42 Å². The molecule has 1 radical (unpaired) electrons. The first-order valence-corrected chi connectivity index (χ1v) is 10.0. The summed E-state index contributed by atoms with van der Waals surface area (Å²) < 4.78 is 0. The Hall–Kier alpha value is -0.669. The van der Waals surface area contributed by atoms with Crippen LogP contribution < -0.4 is 5.19 Å². The van der Waals surface area contributed by atoms with Crippen molar-refractivity contribution in [3.05, 3.63) is 59.3 Å². The Labute approximate surface area is 151 Å². The molecule has 22 heavy (non-hydrogen) atoms. The van der Waals surface area contributed by atoms with Crippen molar-refractivity contribution in [3.63, 3.8) is 0 Å². The molecule has 0 spiro atoms. The predicted octanol–water partition coefficient (Wildman–Crippen LogP) is 5.05. The van der Waals surface area contributed by atoms with Crippen molar-refractivity contribution in [3.8, 4) is 11.1 Å². The van der Waals surface area contributed by atoms with Crippen LogP contribution in [0.4, 0.5) is 0 Å². The van der Waals surface area contributed by atoms with Crippen molar-refractivity contribution in [2.24, 2.45) is 0 Å². The quantitative estimate of drug-likeness (QED) is 0.552. The summed E-state index contributed by atoms with van der Waals surface area (Å²) >= 11 is 0. The Kier molecular flexibility index (Phi) is 6.82. The molecule has 0 saturated carbocycles. The first-order valence-electron chi connectivity index (χ1n) is 7.53. The largest absolute Gasteiger partial charge is 0.673 e. The van der Waals surface area contributed by atoms with E-state index in [1.807, 2.05) is 20.8 Å². The van der Waals surface area contributed by atoms with Crippen LogP contribution in [0.5, 0.6) is 0 Å². The molecule has 115 valence electrons. The molecule has 0 fully saturated rings. The maximum atomic E-state index is 6.94. The number of hydrogen-bond acceptors (Lipinski definition) is 0. The summed E-state index contributed by atoms with van der Waals surface area (Å²) in [5.41, 5.74) is 12.7. The zero-order chi connectivity index (χ0) is 15.6. The maximum Gasteiger partial charge on any atom is 0.0795 e. The van der Waals surface area contributed by atoms with Crippen LogP contribution in [-0.2, 0) is 28.1 Å². The molecule has 1 aliphatic carbocycles. The molecule has 0 saturated heterocycles. The molecule has 3 heteroatoms. The van der Waals surface area contributed by atoms with E-state index in [9.17, 15) is 0 Å². The SMILES string of the molecule is CC(C)(C)[NH-].C[Si](C)c1cccc2c1Cc1ccccc1-2.[Ti]. The molecule has 3 rings (SSSR count). The van der Waals surface area contributed by atoms with Gasteiger partial charge in [0.1, 0.15) is 0 Å². The zero-order valence-electron chi connectivity index (χ0n) is 14.2. The van der Waals surface area contributed by atoms with Gasteiger partial charge in [0.15, 0.2) is 0 Å². The van der Waals surface area contributed by atoms with Crippen molar-refractivity contribution in [2.75, 3.05) is 0 Å². The first kappa shape index (κ1) is 19.4. The van der Waals surface area contributed by atoms with Gasteiger partial charge in [0.05, 0.1) is 8.80 Å². The van der Waals surface area contributed by atoms with E-state index in [2.05, 4.69) is 55.6 Å². The van der Waals surface area contributed by atoms with Crippen LogP contribution in [0.15, 0.2) is 42.5 Å². The summed E-state index contributed by atoms with van der Waals surface area (Å²) in [6.45, 7) is 10.3. The molecule has 0 unspecified atom stereocenters. The van der Waals surface area contributed by atoms with Gasteiger partial charge in [-0.15, -0.1) is 5.54 Å². The Balaban J connectivity index is 0.000000356. The molecule has 1 N–H and O–H groups in total. The Morgan fingerprint density at radius 3 is 2.05 bits per heavy atom. The van der Waals surface area contributed by atoms with E-state index in [0.29, 0.717) is 0 Å². The third-order valence-corrected chi connectivity index (χ3v) is 4.94. The van der Waals surface area contributed by atoms with Gasteiger partial charge in [-0.25, -0.2) is 0 Å². The smallest absolute Gasteiger partial charge is 0.0795 e. The number of fused-ring (bicyclic) bond motifs is 3. The molecule has 2 aromatic rings. The second-order valence-corrected chi connectivity index (χ2v) is 9.45. The minimum Gasteiger partial charge on any atom is -0.673 e. The van der Waals surface area contributed by atoms with Gasteiger partial charge in [0.2, 0.25) is 0 Å². The Morgan fingerprint density at radius 1 is 0.909 bits per heavy atom. The normalized spacial score (nSPS) is 12.0. The summed E-state index contributed by atoms with van der Waals surface area (Å²) in [6, 6.07) is 15.6. The van der Waals surface area contributed by atoms with Gasteiger partial charge < -0.3 is 5.73 Å². The van der Waals surface area contributed by atoms with Crippen LogP contribution in [0.3, 0.4) is 0 Å². The Morgan fingerprint density at radius 2 is 1.45 bits per heavy atom. The van der Waals surface area contributed by atoms with Crippen LogP contribution in [0.2, 0.25) is 13.1 Å².